The summed E-state index contributed by atoms with van der Waals surface area (Å²) >= 11 is 12.9. The minimum atomic E-state index is -1.05. The summed E-state index contributed by atoms with van der Waals surface area (Å²) in [5, 5.41) is 1.19. The number of pyridine rings is 1. The molecular weight excluding hydrogens is 733 g/mol. The van der Waals surface area contributed by atoms with Crippen molar-refractivity contribution in [2.45, 2.75) is 77.3 Å². The number of hydrogen-bond donors (Lipinski definition) is 0. The Balaban J connectivity index is 1.40. The molecule has 1 fully saturated rings. The van der Waals surface area contributed by atoms with Gasteiger partial charge >= 0.3 is 6.03 Å². The van der Waals surface area contributed by atoms with Gasteiger partial charge in [-0.2, -0.15) is 0 Å². The highest BCUT2D eigenvalue weighted by molar-refractivity contribution is 6.30. The number of piperidine rings is 1. The molecule has 2 aliphatic rings. The number of hydrogen-bond acceptors (Lipinski definition) is 6. The zero-order valence-electron chi connectivity index (χ0n) is 33.0. The van der Waals surface area contributed by atoms with E-state index >= 15 is 4.79 Å². The Kier molecular flexibility index (Phi) is 11.6. The van der Waals surface area contributed by atoms with Crippen molar-refractivity contribution in [3.8, 4) is 11.5 Å². The Hall–Kier alpha value is -4.60. The zero-order chi connectivity index (χ0) is 39.7. The maximum atomic E-state index is 15.4. The first-order valence-corrected chi connectivity index (χ1v) is 19.6. The van der Waals surface area contributed by atoms with Crippen LogP contribution in [0.1, 0.15) is 83.2 Å². The molecule has 0 unspecified atom stereocenters. The van der Waals surface area contributed by atoms with Crippen LogP contribution in [-0.4, -0.2) is 66.4 Å². The Morgan fingerprint density at radius 3 is 2.09 bits per heavy atom. The molecule has 290 valence electrons. The molecule has 0 saturated carbocycles. The number of halogens is 2. The molecule has 4 aromatic rings. The average molecular weight is 785 g/mol. The molecule has 3 amide bonds. The summed E-state index contributed by atoms with van der Waals surface area (Å²) < 4.78 is 11.8. The third-order valence-corrected chi connectivity index (χ3v) is 11.8. The van der Waals surface area contributed by atoms with Crippen LogP contribution in [0.2, 0.25) is 10.0 Å². The molecule has 0 spiro atoms. The number of methoxy groups -OCH3 is 1. The smallest absolute Gasteiger partial charge is 0.326 e. The molecule has 1 saturated heterocycles. The van der Waals surface area contributed by atoms with Crippen molar-refractivity contribution in [1.82, 2.24) is 14.8 Å². The van der Waals surface area contributed by atoms with E-state index in [0.29, 0.717) is 71.9 Å². The van der Waals surface area contributed by atoms with Crippen molar-refractivity contribution < 1.29 is 19.1 Å². The Morgan fingerprint density at radius 2 is 1.51 bits per heavy atom. The lowest BCUT2D eigenvalue weighted by molar-refractivity contribution is -0.119. The van der Waals surface area contributed by atoms with Gasteiger partial charge in [0.05, 0.1) is 25.0 Å². The highest BCUT2D eigenvalue weighted by Crippen LogP contribution is 2.54. The maximum absolute atomic E-state index is 15.4. The van der Waals surface area contributed by atoms with Gasteiger partial charge in [0, 0.05) is 60.0 Å². The number of aliphatic imine (C=N–C) groups is 1. The molecule has 0 aliphatic carbocycles. The van der Waals surface area contributed by atoms with Gasteiger partial charge in [-0.25, -0.2) is 4.79 Å². The number of amides is 3. The third-order valence-electron chi connectivity index (χ3n) is 11.3. The van der Waals surface area contributed by atoms with E-state index in [-0.39, 0.29) is 23.3 Å². The van der Waals surface area contributed by atoms with Crippen molar-refractivity contribution >= 4 is 46.7 Å². The number of nitrogens with zero attached hydrogens (tertiary/aromatic N) is 5. The fourth-order valence-electron chi connectivity index (χ4n) is 7.75. The van der Waals surface area contributed by atoms with E-state index in [1.807, 2.05) is 95.6 Å². The Morgan fingerprint density at radius 1 is 0.909 bits per heavy atom. The van der Waals surface area contributed by atoms with Gasteiger partial charge in [-0.1, -0.05) is 80.4 Å². The number of carbonyl (C=O) groups is 2. The van der Waals surface area contributed by atoms with E-state index in [2.05, 4.69) is 34.6 Å². The van der Waals surface area contributed by atoms with Crippen LogP contribution in [-0.2, 0) is 21.3 Å². The van der Waals surface area contributed by atoms with Crippen molar-refractivity contribution in [2.24, 2.45) is 10.9 Å². The standard InChI is InChI=1S/C44H51Cl2N5O4/c1-9-55-37-27-38(42(2,3)4)47-28-34(37)40-48-43(5,30-14-18-32(45)19-15-30)44(6,31-16-20-33(46)21-17-31)51(40)41(53)50-24-22-29(23-25-50)26-39(52)49(7)35-12-10-11-13-36(35)54-8/h10-21,27-29H,9,22-26H2,1-8H3/t43-,44+/m0/s1. The molecule has 9 nitrogen and oxygen atoms in total. The summed E-state index contributed by atoms with van der Waals surface area (Å²) in [5.74, 6) is 1.83. The SMILES string of the molecule is CCOc1cc(C(C)(C)C)ncc1C1=N[C@@](C)(c2ccc(Cl)cc2)[C@@](C)(c2ccc(Cl)cc2)N1C(=O)N1CCC(CC(=O)N(C)c2ccccc2OC)CC1. The predicted molar refractivity (Wildman–Crippen MR) is 221 cm³/mol. The number of carbonyl (C=O) groups excluding carboxylic acids is 2. The topological polar surface area (TPSA) is 87.6 Å². The number of urea groups is 1. The second kappa shape index (κ2) is 15.9. The van der Waals surface area contributed by atoms with Crippen LogP contribution in [0.3, 0.4) is 0 Å². The van der Waals surface area contributed by atoms with Gasteiger partial charge in [-0.05, 0) is 87.1 Å². The number of aromatic nitrogens is 1. The highest BCUT2D eigenvalue weighted by Gasteiger charge is 2.60. The first kappa shape index (κ1) is 40.1. The lowest BCUT2D eigenvalue weighted by Crippen LogP contribution is -2.59. The second-order valence-corrected chi connectivity index (χ2v) is 16.6. The van der Waals surface area contributed by atoms with Gasteiger partial charge in [0.25, 0.3) is 0 Å². The largest absolute Gasteiger partial charge is 0.495 e. The van der Waals surface area contributed by atoms with Crippen molar-refractivity contribution in [1.29, 1.82) is 0 Å². The van der Waals surface area contributed by atoms with E-state index in [9.17, 15) is 4.79 Å². The lowest BCUT2D eigenvalue weighted by Gasteiger charge is -2.47. The molecule has 11 heteroatoms. The number of ether oxygens (including phenoxy) is 2. The zero-order valence-corrected chi connectivity index (χ0v) is 34.5. The van der Waals surface area contributed by atoms with Crippen LogP contribution >= 0.6 is 23.2 Å². The van der Waals surface area contributed by atoms with Gasteiger partial charge in [0.15, 0.2) is 0 Å². The van der Waals surface area contributed by atoms with Crippen LogP contribution in [0.5, 0.6) is 11.5 Å². The van der Waals surface area contributed by atoms with Gasteiger partial charge in [-0.15, -0.1) is 0 Å². The summed E-state index contributed by atoms with van der Waals surface area (Å²) in [7, 11) is 3.38. The average Bonchev–Trinajstić information content (AvgIpc) is 3.42. The molecule has 0 N–H and O–H groups in total. The summed E-state index contributed by atoms with van der Waals surface area (Å²) in [6.07, 6.45) is 3.51. The molecule has 1 aromatic heterocycles. The molecule has 55 heavy (non-hydrogen) atoms. The van der Waals surface area contributed by atoms with Crippen molar-refractivity contribution in [2.75, 3.05) is 38.8 Å². The number of rotatable bonds is 9. The van der Waals surface area contributed by atoms with E-state index < -0.39 is 11.1 Å². The predicted octanol–water partition coefficient (Wildman–Crippen LogP) is 9.87. The second-order valence-electron chi connectivity index (χ2n) is 15.7. The summed E-state index contributed by atoms with van der Waals surface area (Å²) in [4.78, 5) is 44.7. The minimum Gasteiger partial charge on any atom is -0.495 e. The van der Waals surface area contributed by atoms with Crippen LogP contribution in [0.25, 0.3) is 0 Å². The molecule has 3 heterocycles. The monoisotopic (exact) mass is 783 g/mol. The Bertz CT molecular complexity index is 2060. The van der Waals surface area contributed by atoms with Crippen LogP contribution < -0.4 is 14.4 Å². The van der Waals surface area contributed by atoms with Gasteiger partial charge in [-0.3, -0.25) is 19.7 Å². The highest BCUT2D eigenvalue weighted by atomic mass is 35.5. The fourth-order valence-corrected chi connectivity index (χ4v) is 8.00. The van der Waals surface area contributed by atoms with E-state index in [1.165, 1.54) is 0 Å². The van der Waals surface area contributed by atoms with E-state index in [4.69, 9.17) is 42.7 Å². The van der Waals surface area contributed by atoms with Gasteiger partial charge < -0.3 is 19.3 Å². The number of anilines is 1. The number of para-hydroxylation sites is 2. The number of likely N-dealkylation sites (tertiary alicyclic amines) is 1. The van der Waals surface area contributed by atoms with Crippen molar-refractivity contribution in [3.05, 3.63) is 117 Å². The summed E-state index contributed by atoms with van der Waals surface area (Å²) in [6.45, 7) is 13.8. The van der Waals surface area contributed by atoms with E-state index in [1.54, 1.807) is 25.3 Å². The summed E-state index contributed by atoms with van der Waals surface area (Å²) in [6, 6.07) is 24.6. The van der Waals surface area contributed by atoms with Gasteiger partial charge in [0.1, 0.15) is 28.4 Å². The molecular formula is C44H51Cl2N5O4. The molecule has 2 atom stereocenters. The molecule has 0 radical (unpaired) electrons. The van der Waals surface area contributed by atoms with E-state index in [0.717, 1.165) is 22.5 Å². The Labute approximate surface area is 335 Å². The maximum Gasteiger partial charge on any atom is 0.326 e. The van der Waals surface area contributed by atoms with Crippen molar-refractivity contribution in [3.63, 3.8) is 0 Å². The van der Waals surface area contributed by atoms with Crippen LogP contribution in [0, 0.1) is 5.92 Å². The third kappa shape index (κ3) is 7.66. The lowest BCUT2D eigenvalue weighted by atomic mass is 9.71. The summed E-state index contributed by atoms with van der Waals surface area (Å²) in [5.41, 5.74) is 1.69. The molecule has 0 bridgehead atoms. The number of amidine groups is 1. The number of benzene rings is 3. The molecule has 2 aliphatic heterocycles. The van der Waals surface area contributed by atoms with Crippen LogP contribution in [0.4, 0.5) is 10.5 Å². The normalized spacial score (nSPS) is 20.3. The molecule has 6 rings (SSSR count). The van der Waals surface area contributed by atoms with Crippen LogP contribution in [0.15, 0.2) is 90.1 Å². The first-order valence-electron chi connectivity index (χ1n) is 18.9. The quantitative estimate of drug-likeness (QED) is 0.169. The van der Waals surface area contributed by atoms with Gasteiger partial charge in [0.2, 0.25) is 5.91 Å². The molecule has 3 aromatic carbocycles. The first-order chi connectivity index (χ1) is 26.1. The fraction of sp³-hybridized carbons (Fsp3) is 0.409. The minimum absolute atomic E-state index is 0.00643.